The molecule has 1 N–H and O–H groups in total. The lowest BCUT2D eigenvalue weighted by Gasteiger charge is -2.29. The summed E-state index contributed by atoms with van der Waals surface area (Å²) in [4.78, 5) is 24.8. The number of piperidine rings is 1. The molecule has 0 aliphatic carbocycles. The molecule has 2 rings (SSSR count). The number of aryl methyl sites for hydroxylation is 1. The topological polar surface area (TPSA) is 86.3 Å². The highest BCUT2D eigenvalue weighted by Crippen LogP contribution is 2.25. The first-order valence-corrected chi connectivity index (χ1v) is 7.02. The van der Waals surface area contributed by atoms with E-state index < -0.39 is 0 Å². The zero-order valence-electron chi connectivity index (χ0n) is 12.3. The lowest BCUT2D eigenvalue weighted by Crippen LogP contribution is -2.40. The second-order valence-corrected chi connectivity index (χ2v) is 5.42. The Morgan fingerprint density at radius 1 is 1.57 bits per heavy atom. The lowest BCUT2D eigenvalue weighted by molar-refractivity contribution is -0.119. The number of hydrogen-bond acceptors (Lipinski definition) is 5. The molecule has 6 nitrogen and oxygen atoms in total. The molecule has 112 valence electrons. The molecule has 1 aromatic rings. The van der Waals surface area contributed by atoms with E-state index in [0.717, 1.165) is 31.2 Å². The van der Waals surface area contributed by atoms with Gasteiger partial charge in [-0.3, -0.25) is 15.0 Å². The molecule has 1 amide bonds. The fourth-order valence-corrected chi connectivity index (χ4v) is 2.56. The highest BCUT2D eigenvalue weighted by atomic mass is 16.4. The Balaban J connectivity index is 1.98. The maximum absolute atomic E-state index is 12.1. The summed E-state index contributed by atoms with van der Waals surface area (Å²) >= 11 is 0. The first kappa shape index (κ1) is 15.3. The summed E-state index contributed by atoms with van der Waals surface area (Å²) in [5.74, 6) is 0.614. The summed E-state index contributed by atoms with van der Waals surface area (Å²) in [7, 11) is 0. The van der Waals surface area contributed by atoms with E-state index in [0.29, 0.717) is 17.9 Å². The number of rotatable bonds is 4. The first-order valence-electron chi connectivity index (χ1n) is 7.02. The van der Waals surface area contributed by atoms with Crippen LogP contribution in [0.1, 0.15) is 29.7 Å². The van der Waals surface area contributed by atoms with Gasteiger partial charge in [0.15, 0.2) is 0 Å². The monoisotopic (exact) mass is 289 g/mol. The molecule has 1 aromatic heterocycles. The second-order valence-electron chi connectivity index (χ2n) is 5.42. The molecule has 1 aliphatic heterocycles. The van der Waals surface area contributed by atoms with E-state index >= 15 is 0 Å². The lowest BCUT2D eigenvalue weighted by atomic mass is 10.00. The molecule has 1 unspecified atom stereocenters. The molecule has 6 heteroatoms. The van der Waals surface area contributed by atoms with E-state index in [1.54, 1.807) is 13.8 Å². The Bertz CT molecular complexity index is 586. The second kappa shape index (κ2) is 6.55. The average molecular weight is 289 g/mol. The smallest absolute Gasteiger partial charge is 0.240 e. The van der Waals surface area contributed by atoms with Gasteiger partial charge in [0.25, 0.3) is 0 Å². The van der Waals surface area contributed by atoms with Crippen LogP contribution in [0.25, 0.3) is 0 Å². The van der Waals surface area contributed by atoms with Crippen molar-refractivity contribution < 1.29 is 14.0 Å². The number of nitrogens with zero attached hydrogens (tertiary/aromatic N) is 2. The van der Waals surface area contributed by atoms with E-state index in [1.165, 1.54) is 0 Å². The van der Waals surface area contributed by atoms with Gasteiger partial charge in [-0.05, 0) is 33.2 Å². The predicted molar refractivity (Wildman–Crippen MR) is 76.8 cm³/mol. The quantitative estimate of drug-likeness (QED) is 0.851. The number of anilines is 1. The van der Waals surface area contributed by atoms with Gasteiger partial charge in [0.05, 0.1) is 6.54 Å². The highest BCUT2D eigenvalue weighted by molar-refractivity contribution is 5.92. The number of likely N-dealkylation sites (tertiary alicyclic amines) is 1. The van der Waals surface area contributed by atoms with Crippen LogP contribution in [0.5, 0.6) is 0 Å². The molecule has 0 aromatic carbocycles. The van der Waals surface area contributed by atoms with E-state index in [-0.39, 0.29) is 24.3 Å². The molecule has 2 heterocycles. The third-order valence-corrected chi connectivity index (χ3v) is 3.85. The SMILES string of the molecule is Cc1oc(NC(=O)CN2CCCC(C=O)C2)c(C#N)c1C. The summed E-state index contributed by atoms with van der Waals surface area (Å²) < 4.78 is 5.41. The van der Waals surface area contributed by atoms with Crippen LogP contribution in [0.3, 0.4) is 0 Å². The number of hydrogen-bond donors (Lipinski definition) is 1. The maximum Gasteiger partial charge on any atom is 0.240 e. The summed E-state index contributed by atoms with van der Waals surface area (Å²) in [5, 5.41) is 11.7. The maximum atomic E-state index is 12.1. The first-order chi connectivity index (χ1) is 10.0. The number of furan rings is 1. The Hall–Kier alpha value is -2.13. The normalized spacial score (nSPS) is 19.0. The highest BCUT2D eigenvalue weighted by Gasteiger charge is 2.22. The minimum Gasteiger partial charge on any atom is -0.444 e. The third-order valence-electron chi connectivity index (χ3n) is 3.85. The van der Waals surface area contributed by atoms with Gasteiger partial charge < -0.3 is 9.21 Å². The molecule has 0 radical (unpaired) electrons. The molecule has 1 saturated heterocycles. The summed E-state index contributed by atoms with van der Waals surface area (Å²) in [5.41, 5.74) is 1.11. The van der Waals surface area contributed by atoms with Crippen molar-refractivity contribution >= 4 is 18.1 Å². The minimum atomic E-state index is -0.230. The number of carbonyl (C=O) groups is 2. The van der Waals surface area contributed by atoms with Crippen LogP contribution in [0.4, 0.5) is 5.88 Å². The fourth-order valence-electron chi connectivity index (χ4n) is 2.56. The molecule has 1 aliphatic rings. The van der Waals surface area contributed by atoms with Crippen LogP contribution in [0, 0.1) is 31.1 Å². The van der Waals surface area contributed by atoms with E-state index in [1.807, 2.05) is 11.0 Å². The fraction of sp³-hybridized carbons (Fsp3) is 0.533. The van der Waals surface area contributed by atoms with Crippen molar-refractivity contribution in [1.82, 2.24) is 4.90 Å². The Morgan fingerprint density at radius 3 is 3.00 bits per heavy atom. The van der Waals surface area contributed by atoms with Gasteiger partial charge in [-0.15, -0.1) is 0 Å². The molecule has 0 saturated carbocycles. The number of aldehydes is 1. The van der Waals surface area contributed by atoms with Gasteiger partial charge in [0, 0.05) is 18.0 Å². The van der Waals surface area contributed by atoms with Gasteiger partial charge >= 0.3 is 0 Å². The zero-order chi connectivity index (χ0) is 15.4. The van der Waals surface area contributed by atoms with Gasteiger partial charge in [-0.2, -0.15) is 5.26 Å². The van der Waals surface area contributed by atoms with Crippen LogP contribution >= 0.6 is 0 Å². The van der Waals surface area contributed by atoms with Crippen LogP contribution in [-0.2, 0) is 9.59 Å². The summed E-state index contributed by atoms with van der Waals surface area (Å²) in [6.07, 6.45) is 2.76. The van der Waals surface area contributed by atoms with Crippen molar-refractivity contribution in [3.05, 3.63) is 16.9 Å². The van der Waals surface area contributed by atoms with Crippen molar-refractivity contribution in [3.8, 4) is 6.07 Å². The van der Waals surface area contributed by atoms with Crippen molar-refractivity contribution in [1.29, 1.82) is 5.26 Å². The van der Waals surface area contributed by atoms with Crippen molar-refractivity contribution in [2.75, 3.05) is 25.0 Å². The van der Waals surface area contributed by atoms with Gasteiger partial charge in [0.2, 0.25) is 11.8 Å². The molecule has 1 atom stereocenters. The Kier molecular flexibility index (Phi) is 4.76. The summed E-state index contributed by atoms with van der Waals surface area (Å²) in [6, 6.07) is 2.04. The molecule has 0 bridgehead atoms. The van der Waals surface area contributed by atoms with Crippen LogP contribution < -0.4 is 5.32 Å². The van der Waals surface area contributed by atoms with E-state index in [9.17, 15) is 9.59 Å². The van der Waals surface area contributed by atoms with Crippen LogP contribution in [0.15, 0.2) is 4.42 Å². The van der Waals surface area contributed by atoms with Gasteiger partial charge in [-0.25, -0.2) is 0 Å². The molecular formula is C15H19N3O3. The van der Waals surface area contributed by atoms with Crippen molar-refractivity contribution in [3.63, 3.8) is 0 Å². The molecular weight excluding hydrogens is 270 g/mol. The Morgan fingerprint density at radius 2 is 2.33 bits per heavy atom. The van der Waals surface area contributed by atoms with Crippen molar-refractivity contribution in [2.24, 2.45) is 5.92 Å². The number of nitrogens with one attached hydrogen (secondary N) is 1. The predicted octanol–water partition coefficient (Wildman–Crippen LogP) is 1.62. The van der Waals surface area contributed by atoms with Gasteiger partial charge in [-0.1, -0.05) is 0 Å². The Labute approximate surface area is 123 Å². The minimum absolute atomic E-state index is 0.00863. The number of nitriles is 1. The van der Waals surface area contributed by atoms with Gasteiger partial charge in [0.1, 0.15) is 23.7 Å². The zero-order valence-corrected chi connectivity index (χ0v) is 12.3. The average Bonchev–Trinajstić information content (AvgIpc) is 2.73. The number of carbonyl (C=O) groups excluding carboxylic acids is 2. The van der Waals surface area contributed by atoms with Crippen molar-refractivity contribution in [2.45, 2.75) is 26.7 Å². The largest absolute Gasteiger partial charge is 0.444 e. The molecule has 0 spiro atoms. The third kappa shape index (κ3) is 3.50. The number of amides is 1. The molecule has 1 fully saturated rings. The summed E-state index contributed by atoms with van der Waals surface area (Å²) in [6.45, 7) is 5.16. The van der Waals surface area contributed by atoms with Crippen LogP contribution in [0.2, 0.25) is 0 Å². The standard InChI is InChI=1S/C15H19N3O3/c1-10-11(2)21-15(13(10)6-16)17-14(20)8-18-5-3-4-12(7-18)9-19/h9,12H,3-5,7-8H2,1-2H3,(H,17,20). The van der Waals surface area contributed by atoms with E-state index in [2.05, 4.69) is 5.32 Å². The molecule has 21 heavy (non-hydrogen) atoms. The van der Waals surface area contributed by atoms with E-state index in [4.69, 9.17) is 9.68 Å². The van der Waals surface area contributed by atoms with Crippen LogP contribution in [-0.4, -0.2) is 36.7 Å².